The number of rotatable bonds is 5. The van der Waals surface area contributed by atoms with Crippen LogP contribution in [0.3, 0.4) is 0 Å². The molecule has 1 N–H and O–H groups in total. The highest BCUT2D eigenvalue weighted by Crippen LogP contribution is 2.21. The molecular weight excluding hydrogens is 222 g/mol. The third-order valence-electron chi connectivity index (χ3n) is 3.87. The van der Waals surface area contributed by atoms with Crippen molar-refractivity contribution in [2.24, 2.45) is 0 Å². The molecule has 2 rings (SSSR count). The van der Waals surface area contributed by atoms with Crippen molar-refractivity contribution in [1.82, 2.24) is 15.2 Å². The van der Waals surface area contributed by atoms with Crippen LogP contribution in [0.1, 0.15) is 43.9 Å². The number of pyridine rings is 1. The van der Waals surface area contributed by atoms with Crippen molar-refractivity contribution >= 4 is 0 Å². The van der Waals surface area contributed by atoms with Gasteiger partial charge in [-0.1, -0.05) is 19.9 Å². The molecule has 0 aliphatic carbocycles. The molecule has 0 atom stereocenters. The van der Waals surface area contributed by atoms with E-state index in [1.54, 1.807) is 0 Å². The van der Waals surface area contributed by atoms with Gasteiger partial charge in [-0.25, -0.2) is 0 Å². The van der Waals surface area contributed by atoms with Crippen LogP contribution in [0.25, 0.3) is 0 Å². The van der Waals surface area contributed by atoms with Crippen LogP contribution in [0.2, 0.25) is 0 Å². The van der Waals surface area contributed by atoms with Gasteiger partial charge in [0.25, 0.3) is 0 Å². The van der Waals surface area contributed by atoms with Gasteiger partial charge in [-0.2, -0.15) is 0 Å². The van der Waals surface area contributed by atoms with Crippen molar-refractivity contribution in [2.45, 2.75) is 39.2 Å². The molecule has 0 aromatic carbocycles. The Labute approximate surface area is 111 Å². The van der Waals surface area contributed by atoms with Gasteiger partial charge in [0, 0.05) is 50.5 Å². The van der Waals surface area contributed by atoms with Crippen LogP contribution in [0.5, 0.6) is 0 Å². The fourth-order valence-corrected chi connectivity index (χ4v) is 2.61. The fourth-order valence-electron chi connectivity index (χ4n) is 2.61. The van der Waals surface area contributed by atoms with E-state index in [0.29, 0.717) is 5.92 Å². The number of piperazine rings is 1. The Balaban J connectivity index is 1.94. The topological polar surface area (TPSA) is 28.2 Å². The van der Waals surface area contributed by atoms with Gasteiger partial charge in [-0.3, -0.25) is 9.88 Å². The molecule has 3 nitrogen and oxygen atoms in total. The molecule has 0 unspecified atom stereocenters. The molecular formula is C15H25N3. The highest BCUT2D eigenvalue weighted by atomic mass is 15.2. The average molecular weight is 247 g/mol. The van der Waals surface area contributed by atoms with Crippen molar-refractivity contribution in [2.75, 3.05) is 26.2 Å². The van der Waals surface area contributed by atoms with Crippen LogP contribution >= 0.6 is 0 Å². The van der Waals surface area contributed by atoms with Crippen molar-refractivity contribution in [3.63, 3.8) is 0 Å². The largest absolute Gasteiger partial charge is 0.314 e. The smallest absolute Gasteiger partial charge is 0.0434 e. The van der Waals surface area contributed by atoms with Gasteiger partial charge in [0.2, 0.25) is 0 Å². The predicted octanol–water partition coefficient (Wildman–Crippen LogP) is 2.39. The zero-order valence-electron chi connectivity index (χ0n) is 11.7. The molecule has 1 aromatic heterocycles. The number of aromatic nitrogens is 1. The van der Waals surface area contributed by atoms with Gasteiger partial charge >= 0.3 is 0 Å². The van der Waals surface area contributed by atoms with Crippen molar-refractivity contribution < 1.29 is 0 Å². The minimum Gasteiger partial charge on any atom is -0.314 e. The molecule has 0 amide bonds. The third-order valence-corrected chi connectivity index (χ3v) is 3.87. The molecule has 2 heterocycles. The van der Waals surface area contributed by atoms with Crippen LogP contribution in [0, 0.1) is 0 Å². The monoisotopic (exact) mass is 247 g/mol. The van der Waals surface area contributed by atoms with E-state index in [0.717, 1.165) is 32.7 Å². The maximum Gasteiger partial charge on any atom is 0.0434 e. The van der Waals surface area contributed by atoms with E-state index in [1.165, 1.54) is 24.1 Å². The Morgan fingerprint density at radius 2 is 1.94 bits per heavy atom. The van der Waals surface area contributed by atoms with Crippen LogP contribution in [0.15, 0.2) is 18.3 Å². The Hall–Kier alpha value is -0.930. The molecule has 0 radical (unpaired) electrons. The highest BCUT2D eigenvalue weighted by molar-refractivity contribution is 5.17. The molecule has 1 aromatic rings. The highest BCUT2D eigenvalue weighted by Gasteiger charge is 2.11. The summed E-state index contributed by atoms with van der Waals surface area (Å²) in [4.78, 5) is 7.13. The summed E-state index contributed by atoms with van der Waals surface area (Å²) in [7, 11) is 0. The fraction of sp³-hybridized carbons (Fsp3) is 0.667. The summed E-state index contributed by atoms with van der Waals surface area (Å²) in [5, 5.41) is 3.38. The van der Waals surface area contributed by atoms with Gasteiger partial charge in [-0.05, 0) is 24.5 Å². The molecule has 1 aliphatic rings. The lowest BCUT2D eigenvalue weighted by molar-refractivity contribution is 0.233. The summed E-state index contributed by atoms with van der Waals surface area (Å²) in [6.07, 6.45) is 4.43. The Kier molecular flexibility index (Phi) is 5.14. The zero-order valence-corrected chi connectivity index (χ0v) is 11.7. The minimum absolute atomic E-state index is 0.623. The lowest BCUT2D eigenvalue weighted by Gasteiger charge is -2.27. The first-order valence-electron chi connectivity index (χ1n) is 7.21. The second-order valence-corrected chi connectivity index (χ2v) is 5.13. The average Bonchev–Trinajstić information content (AvgIpc) is 2.43. The lowest BCUT2D eigenvalue weighted by atomic mass is 9.98. The van der Waals surface area contributed by atoms with Gasteiger partial charge in [0.05, 0.1) is 0 Å². The molecule has 1 saturated heterocycles. The first-order chi connectivity index (χ1) is 8.83. The number of hydrogen-bond donors (Lipinski definition) is 1. The molecule has 0 spiro atoms. The second kappa shape index (κ2) is 6.86. The van der Waals surface area contributed by atoms with E-state index < -0.39 is 0 Å². The van der Waals surface area contributed by atoms with Crippen LogP contribution in [-0.2, 0) is 6.54 Å². The predicted molar refractivity (Wildman–Crippen MR) is 75.7 cm³/mol. The first-order valence-corrected chi connectivity index (χ1v) is 7.21. The second-order valence-electron chi connectivity index (χ2n) is 5.13. The summed E-state index contributed by atoms with van der Waals surface area (Å²) in [5.74, 6) is 0.623. The third kappa shape index (κ3) is 3.53. The summed E-state index contributed by atoms with van der Waals surface area (Å²) >= 11 is 0. The van der Waals surface area contributed by atoms with Gasteiger partial charge < -0.3 is 5.32 Å². The quantitative estimate of drug-likeness (QED) is 0.866. The molecule has 1 aliphatic heterocycles. The van der Waals surface area contributed by atoms with Crippen LogP contribution < -0.4 is 5.32 Å². The van der Waals surface area contributed by atoms with E-state index in [4.69, 9.17) is 0 Å². The van der Waals surface area contributed by atoms with Crippen molar-refractivity contribution in [3.8, 4) is 0 Å². The molecule has 3 heteroatoms. The number of nitrogens with one attached hydrogen (secondary N) is 1. The Morgan fingerprint density at radius 3 is 2.50 bits per heavy atom. The van der Waals surface area contributed by atoms with E-state index in [-0.39, 0.29) is 0 Å². The summed E-state index contributed by atoms with van der Waals surface area (Å²) in [6, 6.07) is 4.47. The van der Waals surface area contributed by atoms with Gasteiger partial charge in [0.15, 0.2) is 0 Å². The van der Waals surface area contributed by atoms with Crippen LogP contribution in [0.4, 0.5) is 0 Å². The van der Waals surface area contributed by atoms with E-state index in [9.17, 15) is 0 Å². The normalized spacial score (nSPS) is 17.3. The molecule has 1 fully saturated rings. The SMILES string of the molecule is CCC(CC)c1ccc(CN2CCNCC2)cn1. The molecule has 0 bridgehead atoms. The summed E-state index contributed by atoms with van der Waals surface area (Å²) in [5.41, 5.74) is 2.59. The summed E-state index contributed by atoms with van der Waals surface area (Å²) in [6.45, 7) is 10.0. The summed E-state index contributed by atoms with van der Waals surface area (Å²) < 4.78 is 0. The zero-order chi connectivity index (χ0) is 12.8. The van der Waals surface area contributed by atoms with E-state index in [1.807, 2.05) is 0 Å². The van der Waals surface area contributed by atoms with Gasteiger partial charge in [0.1, 0.15) is 0 Å². The lowest BCUT2D eigenvalue weighted by Crippen LogP contribution is -2.42. The standard InChI is InChI=1S/C15H25N3/c1-3-14(4-2)15-6-5-13(11-17-15)12-18-9-7-16-8-10-18/h5-6,11,14,16H,3-4,7-10,12H2,1-2H3. The minimum atomic E-state index is 0.623. The van der Waals surface area contributed by atoms with Crippen molar-refractivity contribution in [1.29, 1.82) is 0 Å². The number of nitrogens with zero attached hydrogens (tertiary/aromatic N) is 2. The van der Waals surface area contributed by atoms with Crippen LogP contribution in [-0.4, -0.2) is 36.1 Å². The Morgan fingerprint density at radius 1 is 1.22 bits per heavy atom. The molecule has 100 valence electrons. The van der Waals surface area contributed by atoms with E-state index in [2.05, 4.69) is 47.4 Å². The molecule has 18 heavy (non-hydrogen) atoms. The van der Waals surface area contributed by atoms with Gasteiger partial charge in [-0.15, -0.1) is 0 Å². The molecule has 0 saturated carbocycles. The number of hydrogen-bond acceptors (Lipinski definition) is 3. The van der Waals surface area contributed by atoms with E-state index >= 15 is 0 Å². The maximum absolute atomic E-state index is 4.64. The first kappa shape index (κ1) is 13.5. The maximum atomic E-state index is 4.64. The van der Waals surface area contributed by atoms with Crippen molar-refractivity contribution in [3.05, 3.63) is 29.6 Å². The Bertz CT molecular complexity index is 337.